The highest BCUT2D eigenvalue weighted by atomic mass is 127. The summed E-state index contributed by atoms with van der Waals surface area (Å²) in [6, 6.07) is 15.2. The van der Waals surface area contributed by atoms with Gasteiger partial charge in [-0.05, 0) is 40.8 Å². The molecule has 98 valence electrons. The summed E-state index contributed by atoms with van der Waals surface area (Å²) in [4.78, 5) is 12.1. The van der Waals surface area contributed by atoms with Crippen molar-refractivity contribution >= 4 is 28.5 Å². The Hall–Kier alpha value is -1.56. The molecule has 0 bridgehead atoms. The summed E-state index contributed by atoms with van der Waals surface area (Å²) in [5.74, 6) is 0.710. The van der Waals surface area contributed by atoms with Crippen LogP contribution in [0, 0.1) is 3.57 Å². The van der Waals surface area contributed by atoms with Crippen molar-refractivity contribution in [2.24, 2.45) is 0 Å². The van der Waals surface area contributed by atoms with Crippen LogP contribution >= 0.6 is 22.6 Å². The van der Waals surface area contributed by atoms with Gasteiger partial charge < -0.3 is 10.1 Å². The van der Waals surface area contributed by atoms with Crippen molar-refractivity contribution in [1.29, 1.82) is 0 Å². The molecular weight excluding hydrogens is 353 g/mol. The number of para-hydroxylation sites is 1. The molecule has 0 radical (unpaired) electrons. The zero-order chi connectivity index (χ0) is 13.7. The molecule has 0 saturated carbocycles. The van der Waals surface area contributed by atoms with Crippen molar-refractivity contribution in [2.75, 3.05) is 7.11 Å². The molecule has 3 nitrogen and oxygen atoms in total. The van der Waals surface area contributed by atoms with E-state index in [1.165, 1.54) is 0 Å². The number of nitrogens with one attached hydrogen (secondary N) is 1. The van der Waals surface area contributed by atoms with E-state index in [2.05, 4.69) is 27.9 Å². The number of halogens is 1. The highest BCUT2D eigenvalue weighted by Crippen LogP contribution is 2.17. The van der Waals surface area contributed by atoms with Crippen LogP contribution in [0.5, 0.6) is 5.75 Å². The van der Waals surface area contributed by atoms with Gasteiger partial charge in [-0.3, -0.25) is 4.79 Å². The first kappa shape index (κ1) is 13.9. The third kappa shape index (κ3) is 3.47. The average Bonchev–Trinajstić information content (AvgIpc) is 2.45. The van der Waals surface area contributed by atoms with Crippen LogP contribution in [0.1, 0.15) is 15.9 Å². The molecule has 0 atom stereocenters. The lowest BCUT2D eigenvalue weighted by Crippen LogP contribution is -2.23. The van der Waals surface area contributed by atoms with Gasteiger partial charge in [-0.25, -0.2) is 0 Å². The third-order valence-corrected chi connectivity index (χ3v) is 3.69. The van der Waals surface area contributed by atoms with Crippen LogP contribution in [-0.4, -0.2) is 13.0 Å². The maximum Gasteiger partial charge on any atom is 0.252 e. The molecule has 19 heavy (non-hydrogen) atoms. The van der Waals surface area contributed by atoms with Crippen LogP contribution in [0.2, 0.25) is 0 Å². The number of hydrogen-bond acceptors (Lipinski definition) is 2. The van der Waals surface area contributed by atoms with E-state index < -0.39 is 0 Å². The van der Waals surface area contributed by atoms with Gasteiger partial charge in [0.05, 0.1) is 12.7 Å². The summed E-state index contributed by atoms with van der Waals surface area (Å²) in [6.45, 7) is 0.452. The van der Waals surface area contributed by atoms with Crippen LogP contribution < -0.4 is 10.1 Å². The molecule has 0 aromatic heterocycles. The molecule has 0 saturated heterocycles. The Morgan fingerprint density at radius 1 is 1.16 bits per heavy atom. The van der Waals surface area contributed by atoms with Crippen LogP contribution in [0.15, 0.2) is 48.5 Å². The first-order valence-corrected chi connectivity index (χ1v) is 6.95. The van der Waals surface area contributed by atoms with Crippen LogP contribution in [0.25, 0.3) is 0 Å². The standard InChI is InChI=1S/C15H14INO2/c1-19-14-9-5-2-6-11(14)10-17-15(18)12-7-3-4-8-13(12)16/h2-9H,10H2,1H3,(H,17,18). The molecule has 0 heterocycles. The summed E-state index contributed by atoms with van der Waals surface area (Å²) in [6.07, 6.45) is 0. The summed E-state index contributed by atoms with van der Waals surface area (Å²) < 4.78 is 6.20. The number of rotatable bonds is 4. The van der Waals surface area contributed by atoms with E-state index in [-0.39, 0.29) is 5.91 Å². The summed E-state index contributed by atoms with van der Waals surface area (Å²) in [7, 11) is 1.63. The van der Waals surface area contributed by atoms with E-state index in [1.807, 2.05) is 48.5 Å². The van der Waals surface area contributed by atoms with Crippen molar-refractivity contribution in [3.05, 3.63) is 63.2 Å². The van der Waals surface area contributed by atoms with Crippen molar-refractivity contribution in [2.45, 2.75) is 6.54 Å². The van der Waals surface area contributed by atoms with Gasteiger partial charge in [0.25, 0.3) is 5.91 Å². The lowest BCUT2D eigenvalue weighted by Gasteiger charge is -2.10. The minimum Gasteiger partial charge on any atom is -0.496 e. The fraction of sp³-hybridized carbons (Fsp3) is 0.133. The largest absolute Gasteiger partial charge is 0.496 e. The Balaban J connectivity index is 2.07. The third-order valence-electron chi connectivity index (χ3n) is 2.75. The fourth-order valence-corrected chi connectivity index (χ4v) is 2.40. The molecule has 1 amide bonds. The molecule has 4 heteroatoms. The number of ether oxygens (including phenoxy) is 1. The zero-order valence-corrected chi connectivity index (χ0v) is 12.7. The van der Waals surface area contributed by atoms with Gasteiger partial charge >= 0.3 is 0 Å². The molecule has 0 unspecified atom stereocenters. The molecular formula is C15H14INO2. The fourth-order valence-electron chi connectivity index (χ4n) is 1.77. The predicted octanol–water partition coefficient (Wildman–Crippen LogP) is 3.23. The first-order valence-electron chi connectivity index (χ1n) is 5.87. The minimum absolute atomic E-state index is 0.0732. The monoisotopic (exact) mass is 367 g/mol. The molecule has 0 spiro atoms. The number of benzene rings is 2. The zero-order valence-electron chi connectivity index (χ0n) is 10.5. The van der Waals surface area contributed by atoms with Gasteiger partial charge in [-0.15, -0.1) is 0 Å². The Morgan fingerprint density at radius 3 is 2.58 bits per heavy atom. The summed E-state index contributed by atoms with van der Waals surface area (Å²) >= 11 is 2.16. The maximum absolute atomic E-state index is 12.1. The number of carbonyl (C=O) groups is 1. The molecule has 0 fully saturated rings. The number of hydrogen-bond donors (Lipinski definition) is 1. The molecule has 1 N–H and O–H groups in total. The van der Waals surface area contributed by atoms with Crippen molar-refractivity contribution in [1.82, 2.24) is 5.32 Å². The average molecular weight is 367 g/mol. The van der Waals surface area contributed by atoms with Gasteiger partial charge in [-0.1, -0.05) is 30.3 Å². The Labute approximate surface area is 126 Å². The van der Waals surface area contributed by atoms with Gasteiger partial charge in [-0.2, -0.15) is 0 Å². The van der Waals surface area contributed by atoms with Crippen molar-refractivity contribution in [3.8, 4) is 5.75 Å². The van der Waals surface area contributed by atoms with Gasteiger partial charge in [0.1, 0.15) is 5.75 Å². The van der Waals surface area contributed by atoms with Crippen molar-refractivity contribution < 1.29 is 9.53 Å². The van der Waals surface area contributed by atoms with Crippen LogP contribution in [0.4, 0.5) is 0 Å². The van der Waals surface area contributed by atoms with Crippen molar-refractivity contribution in [3.63, 3.8) is 0 Å². The highest BCUT2D eigenvalue weighted by molar-refractivity contribution is 14.1. The van der Waals surface area contributed by atoms with Gasteiger partial charge in [0, 0.05) is 15.7 Å². The second-order valence-corrected chi connectivity index (χ2v) is 5.14. The molecule has 0 aliphatic carbocycles. The smallest absolute Gasteiger partial charge is 0.252 e. The highest BCUT2D eigenvalue weighted by Gasteiger charge is 2.09. The van der Waals surface area contributed by atoms with E-state index in [0.717, 1.165) is 14.9 Å². The molecule has 0 aliphatic heterocycles. The normalized spacial score (nSPS) is 10.0. The Morgan fingerprint density at radius 2 is 1.84 bits per heavy atom. The molecule has 0 aliphatic rings. The van der Waals surface area contributed by atoms with E-state index in [1.54, 1.807) is 7.11 Å². The van der Waals surface area contributed by atoms with Crippen LogP contribution in [0.3, 0.4) is 0 Å². The molecule has 2 aromatic carbocycles. The second-order valence-electron chi connectivity index (χ2n) is 3.97. The van der Waals surface area contributed by atoms with Gasteiger partial charge in [0.2, 0.25) is 0 Å². The van der Waals surface area contributed by atoms with Crippen LogP contribution in [-0.2, 0) is 6.54 Å². The van der Waals surface area contributed by atoms with E-state index in [4.69, 9.17) is 4.74 Å². The predicted molar refractivity (Wildman–Crippen MR) is 83.3 cm³/mol. The topological polar surface area (TPSA) is 38.3 Å². The van der Waals surface area contributed by atoms with E-state index in [9.17, 15) is 4.79 Å². The minimum atomic E-state index is -0.0732. The lowest BCUT2D eigenvalue weighted by molar-refractivity contribution is 0.0950. The van der Waals surface area contributed by atoms with Gasteiger partial charge in [0.15, 0.2) is 0 Å². The SMILES string of the molecule is COc1ccccc1CNC(=O)c1ccccc1I. The lowest BCUT2D eigenvalue weighted by atomic mass is 10.2. The summed E-state index contributed by atoms with van der Waals surface area (Å²) in [5, 5.41) is 2.91. The number of carbonyl (C=O) groups excluding carboxylic acids is 1. The number of amides is 1. The quantitative estimate of drug-likeness (QED) is 0.843. The Bertz CT molecular complexity index is 584. The summed E-state index contributed by atoms with van der Waals surface area (Å²) in [5.41, 5.74) is 1.65. The Kier molecular flexibility index (Phi) is 4.79. The second kappa shape index (κ2) is 6.56. The van der Waals surface area contributed by atoms with E-state index >= 15 is 0 Å². The first-order chi connectivity index (χ1) is 9.22. The number of methoxy groups -OCH3 is 1. The van der Waals surface area contributed by atoms with E-state index in [0.29, 0.717) is 12.1 Å². The maximum atomic E-state index is 12.1. The molecule has 2 aromatic rings. The molecule has 2 rings (SSSR count).